The summed E-state index contributed by atoms with van der Waals surface area (Å²) < 4.78 is 3.73. The molecule has 198 valence electrons. The van der Waals surface area contributed by atoms with Crippen molar-refractivity contribution >= 4 is 45.3 Å². The molecular formula is C27H28ClN5O4S. The number of anilines is 1. The van der Waals surface area contributed by atoms with Crippen LogP contribution in [0.15, 0.2) is 52.3 Å². The molecule has 0 radical (unpaired) electrons. The number of aromatic nitrogens is 3. The van der Waals surface area contributed by atoms with Crippen LogP contribution in [0.1, 0.15) is 23.3 Å². The number of thiophene rings is 1. The van der Waals surface area contributed by atoms with Gasteiger partial charge < -0.3 is 19.9 Å². The predicted octanol–water partition coefficient (Wildman–Crippen LogP) is 3.34. The molecule has 2 aliphatic rings. The smallest absolute Gasteiger partial charge is 0.331 e. The lowest BCUT2D eigenvalue weighted by Gasteiger charge is -2.38. The highest BCUT2D eigenvalue weighted by Gasteiger charge is 2.30. The van der Waals surface area contributed by atoms with Crippen LogP contribution in [0.2, 0.25) is 5.02 Å². The zero-order valence-electron chi connectivity index (χ0n) is 20.9. The summed E-state index contributed by atoms with van der Waals surface area (Å²) in [6.07, 6.45) is 6.61. The van der Waals surface area contributed by atoms with Crippen LogP contribution in [-0.2, 0) is 24.8 Å². The first kappa shape index (κ1) is 26.1. The Labute approximate surface area is 227 Å². The number of nitrogens with one attached hydrogen (secondary N) is 1. The van der Waals surface area contributed by atoms with E-state index in [1.807, 2.05) is 12.3 Å². The van der Waals surface area contributed by atoms with Crippen molar-refractivity contribution in [3.63, 3.8) is 0 Å². The second-order valence-corrected chi connectivity index (χ2v) is 11.0. The summed E-state index contributed by atoms with van der Waals surface area (Å²) in [6.45, 7) is 3.06. The molecule has 11 heteroatoms. The maximum absolute atomic E-state index is 12.5. The second kappa shape index (κ2) is 11.1. The zero-order valence-corrected chi connectivity index (χ0v) is 22.5. The molecule has 3 aromatic heterocycles. The molecule has 1 aromatic carbocycles. The van der Waals surface area contributed by atoms with Crippen molar-refractivity contribution in [1.82, 2.24) is 19.4 Å². The molecule has 0 spiro atoms. The van der Waals surface area contributed by atoms with E-state index in [1.165, 1.54) is 32.6 Å². The van der Waals surface area contributed by atoms with Crippen molar-refractivity contribution in [2.24, 2.45) is 7.05 Å². The van der Waals surface area contributed by atoms with Gasteiger partial charge in [0.25, 0.3) is 12.0 Å². The lowest BCUT2D eigenvalue weighted by Crippen LogP contribution is -2.40. The highest BCUT2D eigenvalue weighted by Crippen LogP contribution is 2.44. The van der Waals surface area contributed by atoms with Crippen molar-refractivity contribution < 1.29 is 9.90 Å². The first-order chi connectivity index (χ1) is 18.4. The molecule has 0 saturated carbocycles. The quantitative estimate of drug-likeness (QED) is 0.373. The molecule has 0 amide bonds. The SMILES string of the molecule is Cn1ccc(=O)n(Cc2cc3nccc(-c4cc(Cl)cc5c4N([C@H]4CCNC4)CCC5)c3s2)c1=O.O=CO. The summed E-state index contributed by atoms with van der Waals surface area (Å²) in [5.41, 5.74) is 5.04. The minimum absolute atomic E-state index is 0.223. The van der Waals surface area contributed by atoms with Gasteiger partial charge in [-0.15, -0.1) is 11.3 Å². The zero-order chi connectivity index (χ0) is 26.8. The van der Waals surface area contributed by atoms with Crippen LogP contribution in [0.25, 0.3) is 21.3 Å². The van der Waals surface area contributed by atoms with Crippen LogP contribution >= 0.6 is 22.9 Å². The van der Waals surface area contributed by atoms with Gasteiger partial charge in [0.1, 0.15) is 0 Å². The number of pyridine rings is 1. The fourth-order valence-corrected chi connectivity index (χ4v) is 6.78. The Morgan fingerprint density at radius 1 is 1.24 bits per heavy atom. The normalized spacial score (nSPS) is 16.7. The predicted molar refractivity (Wildman–Crippen MR) is 151 cm³/mol. The highest BCUT2D eigenvalue weighted by molar-refractivity contribution is 7.19. The van der Waals surface area contributed by atoms with Gasteiger partial charge in [-0.05, 0) is 55.6 Å². The number of hydrogen-bond donors (Lipinski definition) is 2. The Morgan fingerprint density at radius 3 is 2.82 bits per heavy atom. The summed E-state index contributed by atoms with van der Waals surface area (Å²) in [5.74, 6) is 0. The number of nitrogens with zero attached hydrogens (tertiary/aromatic N) is 4. The number of rotatable bonds is 4. The van der Waals surface area contributed by atoms with Crippen LogP contribution in [0, 0.1) is 0 Å². The van der Waals surface area contributed by atoms with Crippen molar-refractivity contribution in [2.75, 3.05) is 24.5 Å². The Hall–Kier alpha value is -3.47. The summed E-state index contributed by atoms with van der Waals surface area (Å²) in [7, 11) is 1.65. The molecule has 2 aliphatic heterocycles. The summed E-state index contributed by atoms with van der Waals surface area (Å²) in [5, 5.41) is 11.1. The molecular weight excluding hydrogens is 526 g/mol. The molecule has 1 atom stereocenters. The van der Waals surface area contributed by atoms with Gasteiger partial charge in [-0.3, -0.25) is 19.1 Å². The fourth-order valence-electron chi connectivity index (χ4n) is 5.41. The maximum Gasteiger partial charge on any atom is 0.331 e. The number of carboxylic acid groups (broad SMARTS) is 1. The molecule has 1 saturated heterocycles. The third kappa shape index (κ3) is 4.99. The van der Waals surface area contributed by atoms with Gasteiger partial charge in [-0.1, -0.05) is 11.6 Å². The van der Waals surface area contributed by atoms with E-state index in [0.29, 0.717) is 6.04 Å². The van der Waals surface area contributed by atoms with Crippen molar-refractivity contribution in [3.05, 3.63) is 79.0 Å². The Morgan fingerprint density at radius 2 is 2.05 bits per heavy atom. The molecule has 0 unspecified atom stereocenters. The van der Waals surface area contributed by atoms with E-state index in [0.717, 1.165) is 70.1 Å². The van der Waals surface area contributed by atoms with E-state index in [1.54, 1.807) is 18.4 Å². The van der Waals surface area contributed by atoms with Crippen LogP contribution < -0.4 is 21.5 Å². The number of fused-ring (bicyclic) bond motifs is 2. The molecule has 4 aromatic rings. The Kier molecular flexibility index (Phi) is 7.64. The van der Waals surface area contributed by atoms with Crippen LogP contribution in [0.4, 0.5) is 5.69 Å². The van der Waals surface area contributed by atoms with E-state index in [2.05, 4.69) is 33.4 Å². The minimum atomic E-state index is -0.326. The first-order valence-electron chi connectivity index (χ1n) is 12.4. The lowest BCUT2D eigenvalue weighted by atomic mass is 9.92. The number of aryl methyl sites for hydroxylation is 2. The van der Waals surface area contributed by atoms with Crippen molar-refractivity contribution in [3.8, 4) is 11.1 Å². The van der Waals surface area contributed by atoms with E-state index in [9.17, 15) is 9.59 Å². The summed E-state index contributed by atoms with van der Waals surface area (Å²) in [6, 6.07) is 10.1. The van der Waals surface area contributed by atoms with Crippen molar-refractivity contribution in [1.29, 1.82) is 0 Å². The fraction of sp³-hybridized carbons (Fsp3) is 0.333. The molecule has 6 rings (SSSR count). The molecule has 2 N–H and O–H groups in total. The third-order valence-corrected chi connectivity index (χ3v) is 8.43. The standard InChI is InChI=1S/C26H26ClN5O2S.CH2O2/c1-30-10-6-23(33)32(26(30)34)15-19-13-22-25(35-19)20(5-8-29-22)21-12-17(27)11-16-3-2-9-31(24(16)21)18-4-7-28-14-18;2-1-3/h5-6,8,10-13,18,28H,2-4,7,9,14-15H2,1H3;1H,(H,2,3)/t18-;/m0./s1. The Balaban J connectivity index is 0.000000937. The van der Waals surface area contributed by atoms with Gasteiger partial charge in [0.15, 0.2) is 0 Å². The minimum Gasteiger partial charge on any atom is -0.483 e. The molecule has 1 fully saturated rings. The van der Waals surface area contributed by atoms with Gasteiger partial charge in [0.05, 0.1) is 16.8 Å². The molecule has 9 nitrogen and oxygen atoms in total. The van der Waals surface area contributed by atoms with Gasteiger partial charge >= 0.3 is 5.69 Å². The van der Waals surface area contributed by atoms with Gasteiger partial charge in [0.2, 0.25) is 0 Å². The van der Waals surface area contributed by atoms with Gasteiger partial charge in [0, 0.05) is 71.4 Å². The van der Waals surface area contributed by atoms with Crippen LogP contribution in [-0.4, -0.2) is 51.4 Å². The largest absolute Gasteiger partial charge is 0.483 e. The van der Waals surface area contributed by atoms with Crippen molar-refractivity contribution in [2.45, 2.75) is 31.8 Å². The molecule has 0 bridgehead atoms. The summed E-state index contributed by atoms with van der Waals surface area (Å²) >= 11 is 8.22. The third-order valence-electron chi connectivity index (χ3n) is 7.07. The first-order valence-corrected chi connectivity index (χ1v) is 13.6. The van der Waals surface area contributed by atoms with E-state index >= 15 is 0 Å². The van der Waals surface area contributed by atoms with E-state index in [-0.39, 0.29) is 24.3 Å². The van der Waals surface area contributed by atoms with Gasteiger partial charge in [-0.25, -0.2) is 4.79 Å². The second-order valence-electron chi connectivity index (χ2n) is 9.43. The number of carbonyl (C=O) groups is 1. The van der Waals surface area contributed by atoms with Gasteiger partial charge in [-0.2, -0.15) is 0 Å². The van der Waals surface area contributed by atoms with Crippen LogP contribution in [0.5, 0.6) is 0 Å². The average Bonchev–Trinajstić information content (AvgIpc) is 3.58. The highest BCUT2D eigenvalue weighted by atomic mass is 35.5. The molecule has 0 aliphatic carbocycles. The molecule has 38 heavy (non-hydrogen) atoms. The number of halogens is 1. The number of hydrogen-bond acceptors (Lipinski definition) is 7. The Bertz CT molecular complexity index is 1610. The monoisotopic (exact) mass is 553 g/mol. The van der Waals surface area contributed by atoms with E-state index in [4.69, 9.17) is 21.5 Å². The van der Waals surface area contributed by atoms with E-state index < -0.39 is 0 Å². The average molecular weight is 554 g/mol. The maximum atomic E-state index is 12.5. The lowest BCUT2D eigenvalue weighted by molar-refractivity contribution is -0.122. The number of benzene rings is 1. The van der Waals surface area contributed by atoms with Crippen LogP contribution in [0.3, 0.4) is 0 Å². The summed E-state index contributed by atoms with van der Waals surface area (Å²) in [4.78, 5) is 41.4. The molecule has 5 heterocycles. The topological polar surface area (TPSA) is 109 Å².